The number of methoxy groups -OCH3 is 2. The van der Waals surface area contributed by atoms with Crippen molar-refractivity contribution in [1.29, 1.82) is 0 Å². The maximum absolute atomic E-state index is 5.49. The van der Waals surface area contributed by atoms with E-state index in [1.54, 1.807) is 14.2 Å². The van der Waals surface area contributed by atoms with Gasteiger partial charge in [0.2, 0.25) is 0 Å². The first-order valence-corrected chi connectivity index (χ1v) is 11.4. The van der Waals surface area contributed by atoms with Crippen molar-refractivity contribution < 1.29 is 9.47 Å². The predicted molar refractivity (Wildman–Crippen MR) is 133 cm³/mol. The average molecular weight is 435 g/mol. The summed E-state index contributed by atoms with van der Waals surface area (Å²) in [5, 5.41) is 0. The Kier molecular flexibility index (Phi) is 6.40. The molecule has 6 heteroatoms. The lowest BCUT2D eigenvalue weighted by Gasteiger charge is -2.27. The first-order valence-electron chi connectivity index (χ1n) is 11.4. The lowest BCUT2D eigenvalue weighted by atomic mass is 10.1. The molecule has 32 heavy (non-hydrogen) atoms. The molecular formula is C26H34N4O2. The zero-order valence-corrected chi connectivity index (χ0v) is 19.9. The molecule has 170 valence electrons. The third kappa shape index (κ3) is 4.31. The second-order valence-corrected chi connectivity index (χ2v) is 9.15. The molecule has 0 aromatic heterocycles. The highest BCUT2D eigenvalue weighted by Crippen LogP contribution is 2.32. The fraction of sp³-hybridized carbons (Fsp3) is 0.462. The summed E-state index contributed by atoms with van der Waals surface area (Å²) in [7, 11) is 3.40. The van der Waals surface area contributed by atoms with Crippen LogP contribution in [-0.4, -0.2) is 51.1 Å². The second-order valence-electron chi connectivity index (χ2n) is 9.15. The second kappa shape index (κ2) is 9.23. The molecule has 0 unspecified atom stereocenters. The maximum Gasteiger partial charge on any atom is 0.172 e. The summed E-state index contributed by atoms with van der Waals surface area (Å²) < 4.78 is 11.0. The van der Waals surface area contributed by atoms with Gasteiger partial charge >= 0.3 is 0 Å². The van der Waals surface area contributed by atoms with Gasteiger partial charge in [-0.2, -0.15) is 0 Å². The smallest absolute Gasteiger partial charge is 0.172 e. The highest BCUT2D eigenvalue weighted by atomic mass is 16.5. The maximum atomic E-state index is 5.49. The Labute approximate surface area is 191 Å². The fourth-order valence-electron chi connectivity index (χ4n) is 4.17. The number of nitrogens with zero attached hydrogens (tertiary/aromatic N) is 4. The van der Waals surface area contributed by atoms with Crippen molar-refractivity contribution in [3.05, 3.63) is 48.5 Å². The van der Waals surface area contributed by atoms with Gasteiger partial charge in [0.05, 0.1) is 26.3 Å². The van der Waals surface area contributed by atoms with Crippen molar-refractivity contribution in [2.45, 2.75) is 39.8 Å². The van der Waals surface area contributed by atoms with Crippen molar-refractivity contribution in [2.24, 2.45) is 21.8 Å². The minimum atomic E-state index is 0.212. The van der Waals surface area contributed by atoms with Crippen LogP contribution in [0.5, 0.6) is 11.5 Å². The highest BCUT2D eigenvalue weighted by molar-refractivity contribution is 6.50. The van der Waals surface area contributed by atoms with Gasteiger partial charge in [0, 0.05) is 36.6 Å². The van der Waals surface area contributed by atoms with Gasteiger partial charge in [-0.15, -0.1) is 0 Å². The number of rotatable bonds is 7. The van der Waals surface area contributed by atoms with Gasteiger partial charge in [-0.05, 0) is 36.1 Å². The quantitative estimate of drug-likeness (QED) is 0.623. The van der Waals surface area contributed by atoms with Crippen LogP contribution in [0.3, 0.4) is 0 Å². The van der Waals surface area contributed by atoms with Crippen molar-refractivity contribution in [1.82, 2.24) is 0 Å². The number of amidine groups is 2. The Morgan fingerprint density at radius 3 is 1.47 bits per heavy atom. The van der Waals surface area contributed by atoms with Crippen LogP contribution >= 0.6 is 0 Å². The lowest BCUT2D eigenvalue weighted by molar-refractivity contribution is 0.414. The van der Waals surface area contributed by atoms with Gasteiger partial charge in [0.15, 0.2) is 11.7 Å². The molecular weight excluding hydrogens is 400 g/mol. The number of hydrogen-bond acceptors (Lipinski definition) is 6. The van der Waals surface area contributed by atoms with Crippen LogP contribution in [0.4, 0.5) is 11.4 Å². The molecule has 2 aliphatic rings. The van der Waals surface area contributed by atoms with Crippen LogP contribution in [-0.2, 0) is 0 Å². The average Bonchev–Trinajstić information content (AvgIpc) is 3.44. The van der Waals surface area contributed by atoms with E-state index in [0.29, 0.717) is 11.8 Å². The van der Waals surface area contributed by atoms with Gasteiger partial charge in [-0.1, -0.05) is 39.8 Å². The molecule has 0 amide bonds. The van der Waals surface area contributed by atoms with E-state index >= 15 is 0 Å². The molecule has 0 spiro atoms. The van der Waals surface area contributed by atoms with Gasteiger partial charge in [0.1, 0.15) is 11.5 Å². The van der Waals surface area contributed by atoms with Crippen LogP contribution < -0.4 is 19.3 Å². The van der Waals surface area contributed by atoms with E-state index in [0.717, 1.165) is 47.6 Å². The fourth-order valence-corrected chi connectivity index (χ4v) is 4.17. The zero-order valence-electron chi connectivity index (χ0n) is 19.9. The standard InChI is InChI=1S/C26H34N4O2/c1-17(2)23-15-29(19-9-7-11-21(13-19)31-5)25(27-23)26-28-24(18(3)4)16-30(26)20-10-8-12-22(14-20)32-6/h7-14,17-18,23-24H,15-16H2,1-6H3/t23-,24+. The van der Waals surface area contributed by atoms with E-state index in [1.807, 2.05) is 24.3 Å². The SMILES string of the molecule is COc1cccc(N2C[C@@H](C(C)C)N=C2C2=N[C@@H](C(C)C)CN2c2cccc(OC)c2)c1. The first-order chi connectivity index (χ1) is 15.4. The Balaban J connectivity index is 1.78. The minimum absolute atomic E-state index is 0.212. The molecule has 2 heterocycles. The molecule has 2 atom stereocenters. The zero-order chi connectivity index (χ0) is 22.8. The Bertz CT molecular complexity index is 933. The molecule has 2 aliphatic heterocycles. The Morgan fingerprint density at radius 1 is 0.719 bits per heavy atom. The number of benzene rings is 2. The number of aliphatic imine (C=N–C) groups is 2. The molecule has 2 aromatic rings. The van der Waals surface area contributed by atoms with Crippen molar-refractivity contribution >= 4 is 23.0 Å². The van der Waals surface area contributed by atoms with E-state index in [4.69, 9.17) is 19.5 Å². The van der Waals surface area contributed by atoms with Crippen molar-refractivity contribution in [3.63, 3.8) is 0 Å². The molecule has 6 nitrogen and oxygen atoms in total. The van der Waals surface area contributed by atoms with Gasteiger partial charge in [-0.3, -0.25) is 9.98 Å². The molecule has 0 saturated carbocycles. The number of ether oxygens (including phenoxy) is 2. The molecule has 0 fully saturated rings. The van der Waals surface area contributed by atoms with Crippen LogP contribution in [0.15, 0.2) is 58.5 Å². The van der Waals surface area contributed by atoms with Gasteiger partial charge in [0.25, 0.3) is 0 Å². The van der Waals surface area contributed by atoms with E-state index in [1.165, 1.54) is 0 Å². The van der Waals surface area contributed by atoms with E-state index in [2.05, 4.69) is 61.8 Å². The first kappa shape index (κ1) is 22.2. The van der Waals surface area contributed by atoms with Crippen LogP contribution in [0.25, 0.3) is 0 Å². The summed E-state index contributed by atoms with van der Waals surface area (Å²) in [6.07, 6.45) is 0. The van der Waals surface area contributed by atoms with E-state index in [-0.39, 0.29) is 12.1 Å². The van der Waals surface area contributed by atoms with Gasteiger partial charge < -0.3 is 19.3 Å². The topological polar surface area (TPSA) is 49.7 Å². The summed E-state index contributed by atoms with van der Waals surface area (Å²) in [5.74, 6) is 4.43. The summed E-state index contributed by atoms with van der Waals surface area (Å²) in [6.45, 7) is 10.6. The minimum Gasteiger partial charge on any atom is -0.497 e. The van der Waals surface area contributed by atoms with Crippen LogP contribution in [0, 0.1) is 11.8 Å². The Morgan fingerprint density at radius 2 is 1.12 bits per heavy atom. The van der Waals surface area contributed by atoms with Crippen molar-refractivity contribution in [2.75, 3.05) is 37.1 Å². The monoisotopic (exact) mass is 434 g/mol. The normalized spacial score (nSPS) is 20.8. The summed E-state index contributed by atoms with van der Waals surface area (Å²) >= 11 is 0. The van der Waals surface area contributed by atoms with Crippen LogP contribution in [0.1, 0.15) is 27.7 Å². The van der Waals surface area contributed by atoms with Crippen LogP contribution in [0.2, 0.25) is 0 Å². The van der Waals surface area contributed by atoms with E-state index < -0.39 is 0 Å². The summed E-state index contributed by atoms with van der Waals surface area (Å²) in [6, 6.07) is 16.8. The molecule has 0 saturated heterocycles. The molecule has 2 aromatic carbocycles. The summed E-state index contributed by atoms with van der Waals surface area (Å²) in [4.78, 5) is 15.0. The highest BCUT2D eigenvalue weighted by Gasteiger charge is 2.38. The molecule has 0 aliphatic carbocycles. The largest absolute Gasteiger partial charge is 0.497 e. The molecule has 0 N–H and O–H groups in total. The third-order valence-electron chi connectivity index (χ3n) is 6.30. The predicted octanol–water partition coefficient (Wildman–Crippen LogP) is 4.89. The number of anilines is 2. The number of hydrogen-bond donors (Lipinski definition) is 0. The van der Waals surface area contributed by atoms with Crippen molar-refractivity contribution in [3.8, 4) is 11.5 Å². The molecule has 0 bridgehead atoms. The van der Waals surface area contributed by atoms with Gasteiger partial charge in [-0.25, -0.2) is 0 Å². The molecule has 4 rings (SSSR count). The van der Waals surface area contributed by atoms with E-state index in [9.17, 15) is 0 Å². The molecule has 0 radical (unpaired) electrons. The summed E-state index contributed by atoms with van der Waals surface area (Å²) in [5.41, 5.74) is 2.15. The lowest BCUT2D eigenvalue weighted by Crippen LogP contribution is -2.42. The third-order valence-corrected chi connectivity index (χ3v) is 6.30. The Hall–Kier alpha value is -3.02.